The second-order valence-corrected chi connectivity index (χ2v) is 4.89. The van der Waals surface area contributed by atoms with Crippen LogP contribution in [-0.2, 0) is 0 Å². The minimum Gasteiger partial charge on any atom is -0.382 e. The highest BCUT2D eigenvalue weighted by molar-refractivity contribution is 6.08. The van der Waals surface area contributed by atoms with Crippen LogP contribution in [0.25, 0.3) is 21.8 Å². The van der Waals surface area contributed by atoms with E-state index in [1.54, 1.807) is 0 Å². The molecule has 0 aliphatic rings. The first kappa shape index (κ1) is 12.7. The molecule has 4 nitrogen and oxygen atoms in total. The maximum atomic E-state index is 6.04. The number of nitrogen functional groups attached to an aromatic ring is 1. The summed E-state index contributed by atoms with van der Waals surface area (Å²) >= 11 is 0. The van der Waals surface area contributed by atoms with Crippen molar-refractivity contribution in [1.29, 1.82) is 0 Å². The number of para-hydroxylation sites is 1. The standard InChI is InChI=1S/C16H18N4/c1-2-3-10-18-14-9-8-12-11-6-4-5-7-13(11)19-16(17)15(12)20-14/h4-9H,2-3,10H2,1H3,(H2,17,19)(H,18,20). The number of aromatic nitrogens is 2. The number of nitrogens with zero attached hydrogens (tertiary/aromatic N) is 2. The summed E-state index contributed by atoms with van der Waals surface area (Å²) in [6, 6.07) is 12.1. The number of anilines is 2. The Hall–Kier alpha value is -2.36. The summed E-state index contributed by atoms with van der Waals surface area (Å²) in [5.74, 6) is 1.34. The molecule has 0 aliphatic carbocycles. The summed E-state index contributed by atoms with van der Waals surface area (Å²) in [6.07, 6.45) is 2.29. The zero-order valence-corrected chi connectivity index (χ0v) is 11.6. The van der Waals surface area contributed by atoms with Crippen molar-refractivity contribution in [3.05, 3.63) is 36.4 Å². The van der Waals surface area contributed by atoms with E-state index in [9.17, 15) is 0 Å². The smallest absolute Gasteiger partial charge is 0.150 e. The first-order chi connectivity index (χ1) is 9.79. The van der Waals surface area contributed by atoms with Gasteiger partial charge >= 0.3 is 0 Å². The molecule has 3 N–H and O–H groups in total. The predicted octanol–water partition coefficient (Wildman–Crippen LogP) is 3.58. The van der Waals surface area contributed by atoms with Crippen LogP contribution in [0.2, 0.25) is 0 Å². The van der Waals surface area contributed by atoms with Crippen molar-refractivity contribution in [3.8, 4) is 0 Å². The number of hydrogen-bond donors (Lipinski definition) is 2. The molecule has 0 amide bonds. The van der Waals surface area contributed by atoms with Gasteiger partial charge in [0.25, 0.3) is 0 Å². The monoisotopic (exact) mass is 266 g/mol. The molecule has 0 bridgehead atoms. The summed E-state index contributed by atoms with van der Waals surface area (Å²) in [5.41, 5.74) is 7.72. The van der Waals surface area contributed by atoms with Gasteiger partial charge < -0.3 is 11.1 Å². The van der Waals surface area contributed by atoms with Crippen LogP contribution in [0.3, 0.4) is 0 Å². The van der Waals surface area contributed by atoms with E-state index in [0.717, 1.165) is 47.0 Å². The molecule has 1 aromatic carbocycles. The summed E-state index contributed by atoms with van der Waals surface area (Å²) in [6.45, 7) is 3.10. The Labute approximate surface area is 118 Å². The Balaban J connectivity index is 2.10. The molecule has 102 valence electrons. The van der Waals surface area contributed by atoms with E-state index >= 15 is 0 Å². The molecule has 0 spiro atoms. The molecule has 3 rings (SSSR count). The van der Waals surface area contributed by atoms with Gasteiger partial charge in [0.2, 0.25) is 0 Å². The number of pyridine rings is 2. The van der Waals surface area contributed by atoms with Crippen LogP contribution in [0.5, 0.6) is 0 Å². The number of rotatable bonds is 4. The van der Waals surface area contributed by atoms with Crippen LogP contribution in [0.1, 0.15) is 19.8 Å². The zero-order chi connectivity index (χ0) is 13.9. The Bertz CT molecular complexity index is 752. The van der Waals surface area contributed by atoms with Gasteiger partial charge in [-0.2, -0.15) is 0 Å². The molecule has 4 heteroatoms. The molecule has 0 saturated carbocycles. The zero-order valence-electron chi connectivity index (χ0n) is 11.6. The van der Waals surface area contributed by atoms with Crippen molar-refractivity contribution in [2.75, 3.05) is 17.6 Å². The number of nitrogens with two attached hydrogens (primary N) is 1. The van der Waals surface area contributed by atoms with E-state index in [1.807, 2.05) is 24.3 Å². The topological polar surface area (TPSA) is 63.8 Å². The van der Waals surface area contributed by atoms with Gasteiger partial charge in [-0.25, -0.2) is 9.97 Å². The molecule has 0 fully saturated rings. The van der Waals surface area contributed by atoms with Crippen molar-refractivity contribution in [2.24, 2.45) is 0 Å². The van der Waals surface area contributed by atoms with Crippen LogP contribution in [-0.4, -0.2) is 16.5 Å². The van der Waals surface area contributed by atoms with Crippen molar-refractivity contribution in [1.82, 2.24) is 9.97 Å². The maximum Gasteiger partial charge on any atom is 0.150 e. The fourth-order valence-corrected chi connectivity index (χ4v) is 2.35. The van der Waals surface area contributed by atoms with E-state index in [-0.39, 0.29) is 0 Å². The minimum absolute atomic E-state index is 0.484. The molecular weight excluding hydrogens is 248 g/mol. The molecule has 20 heavy (non-hydrogen) atoms. The molecule has 2 heterocycles. The third-order valence-corrected chi connectivity index (χ3v) is 3.41. The summed E-state index contributed by atoms with van der Waals surface area (Å²) in [7, 11) is 0. The minimum atomic E-state index is 0.484. The van der Waals surface area contributed by atoms with Crippen molar-refractivity contribution >= 4 is 33.4 Å². The number of fused-ring (bicyclic) bond motifs is 3. The third kappa shape index (κ3) is 2.25. The van der Waals surface area contributed by atoms with Gasteiger partial charge in [0.1, 0.15) is 11.3 Å². The number of hydrogen-bond acceptors (Lipinski definition) is 4. The number of nitrogens with one attached hydrogen (secondary N) is 1. The third-order valence-electron chi connectivity index (χ3n) is 3.41. The maximum absolute atomic E-state index is 6.04. The van der Waals surface area contributed by atoms with Crippen molar-refractivity contribution in [3.63, 3.8) is 0 Å². The second-order valence-electron chi connectivity index (χ2n) is 4.89. The van der Waals surface area contributed by atoms with Crippen LogP contribution < -0.4 is 11.1 Å². The van der Waals surface area contributed by atoms with Crippen LogP contribution in [0.4, 0.5) is 11.6 Å². The van der Waals surface area contributed by atoms with Crippen molar-refractivity contribution in [2.45, 2.75) is 19.8 Å². The molecule has 0 saturated heterocycles. The highest BCUT2D eigenvalue weighted by Gasteiger charge is 2.07. The van der Waals surface area contributed by atoms with Gasteiger partial charge in [0, 0.05) is 17.3 Å². The lowest BCUT2D eigenvalue weighted by molar-refractivity contribution is 0.831. The molecule has 0 atom stereocenters. The summed E-state index contributed by atoms with van der Waals surface area (Å²) < 4.78 is 0. The van der Waals surface area contributed by atoms with E-state index in [4.69, 9.17) is 5.73 Å². The first-order valence-electron chi connectivity index (χ1n) is 6.98. The van der Waals surface area contributed by atoms with Gasteiger partial charge in [0.05, 0.1) is 5.52 Å². The quantitative estimate of drug-likeness (QED) is 0.559. The van der Waals surface area contributed by atoms with Crippen LogP contribution in [0.15, 0.2) is 36.4 Å². The summed E-state index contributed by atoms with van der Waals surface area (Å²) in [4.78, 5) is 9.03. The van der Waals surface area contributed by atoms with Gasteiger partial charge in [-0.3, -0.25) is 0 Å². The average Bonchev–Trinajstić information content (AvgIpc) is 2.48. The number of unbranched alkanes of at least 4 members (excludes halogenated alkanes) is 1. The Morgan fingerprint density at radius 3 is 2.75 bits per heavy atom. The largest absolute Gasteiger partial charge is 0.382 e. The van der Waals surface area contributed by atoms with E-state index < -0.39 is 0 Å². The Kier molecular flexibility index (Phi) is 3.37. The van der Waals surface area contributed by atoms with Gasteiger partial charge in [-0.15, -0.1) is 0 Å². The lowest BCUT2D eigenvalue weighted by Crippen LogP contribution is -2.04. The van der Waals surface area contributed by atoms with Gasteiger partial charge in [-0.05, 0) is 24.6 Å². The SMILES string of the molecule is CCCCNc1ccc2c(n1)c(N)nc1ccccc12. The van der Waals surface area contributed by atoms with E-state index in [0.29, 0.717) is 5.82 Å². The van der Waals surface area contributed by atoms with Gasteiger partial charge in [-0.1, -0.05) is 31.5 Å². The lowest BCUT2D eigenvalue weighted by atomic mass is 10.1. The molecule has 0 aliphatic heterocycles. The Morgan fingerprint density at radius 1 is 1.05 bits per heavy atom. The predicted molar refractivity (Wildman–Crippen MR) is 84.9 cm³/mol. The van der Waals surface area contributed by atoms with E-state index in [2.05, 4.69) is 34.3 Å². The molecule has 0 unspecified atom stereocenters. The Morgan fingerprint density at radius 2 is 1.90 bits per heavy atom. The molecule has 0 radical (unpaired) electrons. The highest BCUT2D eigenvalue weighted by Crippen LogP contribution is 2.27. The van der Waals surface area contributed by atoms with E-state index in [1.165, 1.54) is 0 Å². The van der Waals surface area contributed by atoms with Crippen molar-refractivity contribution < 1.29 is 0 Å². The summed E-state index contributed by atoms with van der Waals surface area (Å²) in [5, 5.41) is 5.46. The van der Waals surface area contributed by atoms with Crippen LogP contribution in [0, 0.1) is 0 Å². The molecular formula is C16H18N4. The fraction of sp³-hybridized carbons (Fsp3) is 0.250. The molecule has 3 aromatic rings. The first-order valence-corrected chi connectivity index (χ1v) is 6.98. The lowest BCUT2D eigenvalue weighted by Gasteiger charge is -2.09. The second kappa shape index (κ2) is 5.33. The number of benzene rings is 1. The normalized spacial score (nSPS) is 11.1. The fourth-order valence-electron chi connectivity index (χ4n) is 2.35. The van der Waals surface area contributed by atoms with Gasteiger partial charge in [0.15, 0.2) is 5.82 Å². The highest BCUT2D eigenvalue weighted by atomic mass is 15.0. The molecule has 2 aromatic heterocycles. The average molecular weight is 266 g/mol. The van der Waals surface area contributed by atoms with Crippen LogP contribution >= 0.6 is 0 Å².